The first-order valence-corrected chi connectivity index (χ1v) is 10.0. The summed E-state index contributed by atoms with van der Waals surface area (Å²) in [5, 5.41) is 12.3. The summed E-state index contributed by atoms with van der Waals surface area (Å²) < 4.78 is 7.38. The van der Waals surface area contributed by atoms with Crippen molar-refractivity contribution < 1.29 is 4.74 Å². The van der Waals surface area contributed by atoms with Crippen molar-refractivity contribution in [2.45, 2.75) is 26.9 Å². The van der Waals surface area contributed by atoms with E-state index in [2.05, 4.69) is 53.5 Å². The third kappa shape index (κ3) is 4.14. The van der Waals surface area contributed by atoms with Crippen molar-refractivity contribution in [1.29, 1.82) is 0 Å². The Bertz CT molecular complexity index is 1110. The first-order chi connectivity index (χ1) is 14.5. The number of hydrogen-bond acceptors (Lipinski definition) is 4. The van der Waals surface area contributed by atoms with Gasteiger partial charge in [-0.2, -0.15) is 10.2 Å². The van der Waals surface area contributed by atoms with Crippen molar-refractivity contribution in [3.05, 3.63) is 83.3 Å². The van der Waals surface area contributed by atoms with Gasteiger partial charge < -0.3 is 4.74 Å². The van der Waals surface area contributed by atoms with Crippen LogP contribution in [0, 0.1) is 13.8 Å². The number of nitrogens with one attached hydrogen (secondary N) is 1. The Morgan fingerprint density at radius 1 is 1.03 bits per heavy atom. The SMILES string of the molecule is COc1cccc(-c2nn(-c3ccccc3)cc2CN(C)Cc2c(C)n[nH]c2C)c1. The molecule has 0 saturated heterocycles. The second-order valence-corrected chi connectivity index (χ2v) is 7.60. The van der Waals surface area contributed by atoms with Crippen molar-refractivity contribution in [2.75, 3.05) is 14.2 Å². The number of H-pyrrole nitrogens is 1. The number of benzene rings is 2. The Labute approximate surface area is 177 Å². The molecule has 30 heavy (non-hydrogen) atoms. The van der Waals surface area contributed by atoms with Gasteiger partial charge >= 0.3 is 0 Å². The number of methoxy groups -OCH3 is 1. The van der Waals surface area contributed by atoms with Crippen molar-refractivity contribution >= 4 is 0 Å². The first kappa shape index (κ1) is 19.9. The summed E-state index contributed by atoms with van der Waals surface area (Å²) in [6.07, 6.45) is 2.12. The minimum atomic E-state index is 0.767. The summed E-state index contributed by atoms with van der Waals surface area (Å²) >= 11 is 0. The van der Waals surface area contributed by atoms with Gasteiger partial charge in [0.05, 0.1) is 24.2 Å². The zero-order valence-electron chi connectivity index (χ0n) is 17.9. The lowest BCUT2D eigenvalue weighted by Gasteiger charge is -2.17. The van der Waals surface area contributed by atoms with Crippen LogP contribution in [-0.4, -0.2) is 39.0 Å². The third-order valence-corrected chi connectivity index (χ3v) is 5.30. The van der Waals surface area contributed by atoms with Gasteiger partial charge in [-0.1, -0.05) is 30.3 Å². The van der Waals surface area contributed by atoms with E-state index in [0.717, 1.165) is 52.7 Å². The number of para-hydroxylation sites is 1. The number of nitrogens with zero attached hydrogens (tertiary/aromatic N) is 4. The highest BCUT2D eigenvalue weighted by Crippen LogP contribution is 2.28. The van der Waals surface area contributed by atoms with Gasteiger partial charge in [0.2, 0.25) is 0 Å². The molecule has 0 amide bonds. The number of ether oxygens (including phenoxy) is 1. The highest BCUT2D eigenvalue weighted by molar-refractivity contribution is 5.65. The molecule has 2 aromatic carbocycles. The smallest absolute Gasteiger partial charge is 0.119 e. The van der Waals surface area contributed by atoms with E-state index in [9.17, 15) is 0 Å². The molecule has 0 unspecified atom stereocenters. The third-order valence-electron chi connectivity index (χ3n) is 5.30. The molecule has 0 bridgehead atoms. The lowest BCUT2D eigenvalue weighted by molar-refractivity contribution is 0.318. The second kappa shape index (κ2) is 8.55. The highest BCUT2D eigenvalue weighted by atomic mass is 16.5. The van der Waals surface area contributed by atoms with Gasteiger partial charge in [0.25, 0.3) is 0 Å². The number of rotatable bonds is 7. The average Bonchev–Trinajstić information content (AvgIpc) is 3.33. The molecule has 0 aliphatic carbocycles. The fourth-order valence-corrected chi connectivity index (χ4v) is 3.68. The Balaban J connectivity index is 1.69. The van der Waals surface area contributed by atoms with Crippen LogP contribution in [-0.2, 0) is 13.1 Å². The van der Waals surface area contributed by atoms with Gasteiger partial charge in [-0.05, 0) is 45.2 Å². The van der Waals surface area contributed by atoms with E-state index in [1.807, 2.05) is 48.0 Å². The van der Waals surface area contributed by atoms with Crippen molar-refractivity contribution in [2.24, 2.45) is 0 Å². The number of aromatic nitrogens is 4. The van der Waals surface area contributed by atoms with Gasteiger partial charge in [-0.3, -0.25) is 10.00 Å². The molecular formula is C24H27N5O. The lowest BCUT2D eigenvalue weighted by atomic mass is 10.1. The van der Waals surface area contributed by atoms with Crippen molar-refractivity contribution in [1.82, 2.24) is 24.9 Å². The van der Waals surface area contributed by atoms with E-state index in [-0.39, 0.29) is 0 Å². The lowest BCUT2D eigenvalue weighted by Crippen LogP contribution is -2.18. The van der Waals surface area contributed by atoms with Crippen LogP contribution in [0.3, 0.4) is 0 Å². The monoisotopic (exact) mass is 401 g/mol. The maximum absolute atomic E-state index is 5.43. The van der Waals surface area contributed by atoms with Gasteiger partial charge in [-0.15, -0.1) is 0 Å². The highest BCUT2D eigenvalue weighted by Gasteiger charge is 2.16. The van der Waals surface area contributed by atoms with Crippen molar-refractivity contribution in [3.8, 4) is 22.7 Å². The van der Waals surface area contributed by atoms with Gasteiger partial charge in [0, 0.05) is 41.7 Å². The van der Waals surface area contributed by atoms with Crippen LogP contribution in [0.1, 0.15) is 22.5 Å². The fraction of sp³-hybridized carbons (Fsp3) is 0.250. The molecule has 154 valence electrons. The summed E-state index contributed by atoms with van der Waals surface area (Å²) in [6, 6.07) is 18.3. The number of aromatic amines is 1. The summed E-state index contributed by atoms with van der Waals surface area (Å²) in [6.45, 7) is 5.70. The van der Waals surface area contributed by atoms with Crippen molar-refractivity contribution in [3.63, 3.8) is 0 Å². The Morgan fingerprint density at radius 2 is 1.83 bits per heavy atom. The largest absolute Gasteiger partial charge is 0.497 e. The topological polar surface area (TPSA) is 59.0 Å². The van der Waals surface area contributed by atoms with E-state index in [1.54, 1.807) is 7.11 Å². The second-order valence-electron chi connectivity index (χ2n) is 7.60. The van der Waals surface area contributed by atoms with E-state index < -0.39 is 0 Å². The normalized spacial score (nSPS) is 11.2. The molecule has 0 atom stereocenters. The predicted octanol–water partition coefficient (Wildman–Crippen LogP) is 4.52. The van der Waals surface area contributed by atoms with Gasteiger partial charge in [-0.25, -0.2) is 4.68 Å². The summed E-state index contributed by atoms with van der Waals surface area (Å²) in [5.41, 5.74) is 7.62. The van der Waals surface area contributed by atoms with E-state index in [1.165, 1.54) is 5.56 Å². The molecule has 0 radical (unpaired) electrons. The van der Waals surface area contributed by atoms with E-state index in [0.29, 0.717) is 0 Å². The molecule has 6 nitrogen and oxygen atoms in total. The Morgan fingerprint density at radius 3 is 2.53 bits per heavy atom. The minimum Gasteiger partial charge on any atom is -0.497 e. The van der Waals surface area contributed by atoms with Gasteiger partial charge in [0.15, 0.2) is 0 Å². The molecule has 4 aromatic rings. The molecule has 0 aliphatic heterocycles. The Kier molecular flexibility index (Phi) is 5.68. The average molecular weight is 402 g/mol. The first-order valence-electron chi connectivity index (χ1n) is 10.0. The van der Waals surface area contributed by atoms with Crippen LogP contribution in [0.2, 0.25) is 0 Å². The summed E-state index contributed by atoms with van der Waals surface area (Å²) in [4.78, 5) is 2.29. The number of aryl methyl sites for hydroxylation is 2. The van der Waals surface area contributed by atoms with Crippen LogP contribution >= 0.6 is 0 Å². The minimum absolute atomic E-state index is 0.767. The van der Waals surface area contributed by atoms with Crippen LogP contribution < -0.4 is 4.74 Å². The zero-order chi connectivity index (χ0) is 21.1. The summed E-state index contributed by atoms with van der Waals surface area (Å²) in [5.74, 6) is 0.825. The molecule has 0 spiro atoms. The zero-order valence-corrected chi connectivity index (χ0v) is 17.9. The van der Waals surface area contributed by atoms with Crippen LogP contribution in [0.5, 0.6) is 5.75 Å². The Hall–Kier alpha value is -3.38. The molecular weight excluding hydrogens is 374 g/mol. The molecule has 0 saturated carbocycles. The molecule has 2 heterocycles. The molecule has 0 fully saturated rings. The standard InChI is InChI=1S/C24H27N5O/c1-17-23(18(2)26-25-17)16-28(3)14-20-15-29(21-10-6-5-7-11-21)27-24(20)19-9-8-12-22(13-19)30-4/h5-13,15H,14,16H2,1-4H3,(H,25,26). The predicted molar refractivity (Wildman–Crippen MR) is 119 cm³/mol. The van der Waals surface area contributed by atoms with Gasteiger partial charge in [0.1, 0.15) is 5.75 Å². The molecule has 6 heteroatoms. The van der Waals surface area contributed by atoms with E-state index >= 15 is 0 Å². The molecule has 0 aliphatic rings. The molecule has 2 aromatic heterocycles. The van der Waals surface area contributed by atoms with Crippen LogP contribution in [0.4, 0.5) is 0 Å². The van der Waals surface area contributed by atoms with E-state index in [4.69, 9.17) is 9.84 Å². The quantitative estimate of drug-likeness (QED) is 0.495. The maximum Gasteiger partial charge on any atom is 0.119 e. The fourth-order valence-electron chi connectivity index (χ4n) is 3.68. The maximum atomic E-state index is 5.43. The van der Waals surface area contributed by atoms with Crippen LogP contribution in [0.15, 0.2) is 60.8 Å². The molecule has 1 N–H and O–H groups in total. The summed E-state index contributed by atoms with van der Waals surface area (Å²) in [7, 11) is 3.81. The number of hydrogen-bond donors (Lipinski definition) is 1. The van der Waals surface area contributed by atoms with Crippen LogP contribution in [0.25, 0.3) is 16.9 Å². The molecule has 4 rings (SSSR count).